The second-order valence-corrected chi connectivity index (χ2v) is 14.8. The summed E-state index contributed by atoms with van der Waals surface area (Å²) in [5, 5.41) is 53.6. The molecule has 1 aliphatic rings. The third-order valence-electron chi connectivity index (χ3n) is 9.64. The summed E-state index contributed by atoms with van der Waals surface area (Å²) in [6.45, 7) is 3.53. The third-order valence-corrected chi connectivity index (χ3v) is 9.64. The molecule has 1 fully saturated rings. The number of allylic oxidation sites excluding steroid dienone is 18. The van der Waals surface area contributed by atoms with Crippen LogP contribution in [0.25, 0.3) is 0 Å². The van der Waals surface area contributed by atoms with E-state index in [1.807, 2.05) is 0 Å². The van der Waals surface area contributed by atoms with Gasteiger partial charge in [0, 0.05) is 6.42 Å². The SMILES string of the molecule is CC/C=C\C/C=C\C/C=C\C/C=C\C/C=C\C/C=C\C/C=C\C/C=C\C/C=C\CCCCCC(=O)NC(COC1OC(CO)C(O)C(O)C1O)C(O)CCCCCC. The molecule has 328 valence electrons. The van der Waals surface area contributed by atoms with Crippen molar-refractivity contribution < 1.29 is 39.8 Å². The summed E-state index contributed by atoms with van der Waals surface area (Å²) < 4.78 is 11.1. The summed E-state index contributed by atoms with van der Waals surface area (Å²) in [4.78, 5) is 12.8. The molecule has 0 spiro atoms. The lowest BCUT2D eigenvalue weighted by Gasteiger charge is -2.40. The fourth-order valence-corrected chi connectivity index (χ4v) is 6.09. The largest absolute Gasteiger partial charge is 0.394 e. The van der Waals surface area contributed by atoms with Crippen LogP contribution in [0.2, 0.25) is 0 Å². The second kappa shape index (κ2) is 38.1. The van der Waals surface area contributed by atoms with E-state index in [1.54, 1.807) is 0 Å². The van der Waals surface area contributed by atoms with Crippen LogP contribution < -0.4 is 5.32 Å². The molecule has 0 aromatic rings. The van der Waals surface area contributed by atoms with E-state index in [0.717, 1.165) is 109 Å². The number of carbonyl (C=O) groups is 1. The highest BCUT2D eigenvalue weighted by Crippen LogP contribution is 2.22. The van der Waals surface area contributed by atoms with E-state index >= 15 is 0 Å². The molecule has 0 radical (unpaired) electrons. The maximum atomic E-state index is 12.8. The van der Waals surface area contributed by atoms with Crippen molar-refractivity contribution in [1.29, 1.82) is 0 Å². The van der Waals surface area contributed by atoms with Crippen molar-refractivity contribution in [3.63, 3.8) is 0 Å². The van der Waals surface area contributed by atoms with Crippen molar-refractivity contribution in [2.45, 2.75) is 179 Å². The van der Waals surface area contributed by atoms with Gasteiger partial charge in [-0.05, 0) is 83.5 Å². The molecule has 0 aromatic carbocycles. The highest BCUT2D eigenvalue weighted by atomic mass is 16.7. The van der Waals surface area contributed by atoms with Crippen molar-refractivity contribution >= 4 is 5.91 Å². The van der Waals surface area contributed by atoms with Gasteiger partial charge in [0.15, 0.2) is 6.29 Å². The summed E-state index contributed by atoms with van der Waals surface area (Å²) >= 11 is 0. The molecule has 0 bridgehead atoms. The molecule has 1 amide bonds. The summed E-state index contributed by atoms with van der Waals surface area (Å²) in [7, 11) is 0. The summed E-state index contributed by atoms with van der Waals surface area (Å²) in [5.74, 6) is -0.192. The lowest BCUT2D eigenvalue weighted by Crippen LogP contribution is -2.60. The van der Waals surface area contributed by atoms with Crippen LogP contribution in [-0.4, -0.2) is 87.5 Å². The molecule has 6 N–H and O–H groups in total. The molecule has 0 saturated carbocycles. The molecule has 1 aliphatic heterocycles. The summed E-state index contributed by atoms with van der Waals surface area (Å²) in [6.07, 6.45) is 48.9. The highest BCUT2D eigenvalue weighted by molar-refractivity contribution is 5.76. The van der Waals surface area contributed by atoms with Gasteiger partial charge in [-0.2, -0.15) is 0 Å². The molecular weight excluding hydrogens is 731 g/mol. The highest BCUT2D eigenvalue weighted by Gasteiger charge is 2.44. The Bertz CT molecular complexity index is 1260. The number of unbranched alkanes of at least 4 members (excludes halogenated alkanes) is 6. The van der Waals surface area contributed by atoms with Gasteiger partial charge in [-0.3, -0.25) is 4.79 Å². The molecule has 1 heterocycles. The van der Waals surface area contributed by atoms with E-state index in [2.05, 4.69) is 129 Å². The number of aliphatic hydroxyl groups excluding tert-OH is 5. The van der Waals surface area contributed by atoms with Crippen LogP contribution in [0.3, 0.4) is 0 Å². The van der Waals surface area contributed by atoms with Crippen LogP contribution in [0.5, 0.6) is 0 Å². The Morgan fingerprint density at radius 1 is 0.603 bits per heavy atom. The van der Waals surface area contributed by atoms with Gasteiger partial charge < -0.3 is 40.3 Å². The number of hydrogen-bond acceptors (Lipinski definition) is 8. The topological polar surface area (TPSA) is 149 Å². The van der Waals surface area contributed by atoms with Crippen LogP contribution in [0, 0.1) is 0 Å². The van der Waals surface area contributed by atoms with Crippen molar-refractivity contribution in [3.05, 3.63) is 109 Å². The van der Waals surface area contributed by atoms with Crippen molar-refractivity contribution in [3.8, 4) is 0 Å². The molecule has 7 unspecified atom stereocenters. The van der Waals surface area contributed by atoms with Crippen LogP contribution in [-0.2, 0) is 14.3 Å². The third kappa shape index (κ3) is 28.3. The van der Waals surface area contributed by atoms with Crippen molar-refractivity contribution in [2.75, 3.05) is 13.2 Å². The first-order valence-electron chi connectivity index (χ1n) is 22.1. The first-order valence-corrected chi connectivity index (χ1v) is 22.1. The van der Waals surface area contributed by atoms with Gasteiger partial charge in [-0.15, -0.1) is 0 Å². The number of aliphatic hydroxyl groups is 5. The number of nitrogens with one attached hydrogen (secondary N) is 1. The van der Waals surface area contributed by atoms with Gasteiger partial charge >= 0.3 is 0 Å². The summed E-state index contributed by atoms with van der Waals surface area (Å²) in [6, 6.07) is -0.740. The summed E-state index contributed by atoms with van der Waals surface area (Å²) in [5.41, 5.74) is 0. The van der Waals surface area contributed by atoms with Gasteiger partial charge in [-0.1, -0.05) is 155 Å². The zero-order valence-corrected chi connectivity index (χ0v) is 35.7. The maximum absolute atomic E-state index is 12.8. The lowest BCUT2D eigenvalue weighted by molar-refractivity contribution is -0.302. The zero-order valence-electron chi connectivity index (χ0n) is 35.7. The molecule has 58 heavy (non-hydrogen) atoms. The molecule has 9 nitrogen and oxygen atoms in total. The minimum absolute atomic E-state index is 0.163. The fourth-order valence-electron chi connectivity index (χ4n) is 6.09. The van der Waals surface area contributed by atoms with Gasteiger partial charge in [0.2, 0.25) is 5.91 Å². The normalized spacial score (nSPS) is 21.9. The van der Waals surface area contributed by atoms with E-state index in [4.69, 9.17) is 9.47 Å². The predicted octanol–water partition coefficient (Wildman–Crippen LogP) is 9.11. The molecule has 0 aliphatic carbocycles. The van der Waals surface area contributed by atoms with E-state index in [0.29, 0.717) is 12.8 Å². The molecule has 1 rings (SSSR count). The molecule has 7 atom stereocenters. The number of hydrogen-bond donors (Lipinski definition) is 6. The van der Waals surface area contributed by atoms with E-state index in [9.17, 15) is 30.3 Å². The Morgan fingerprint density at radius 2 is 1.07 bits per heavy atom. The lowest BCUT2D eigenvalue weighted by atomic mass is 9.99. The van der Waals surface area contributed by atoms with Crippen LogP contribution in [0.4, 0.5) is 0 Å². The number of carbonyl (C=O) groups excluding carboxylic acids is 1. The first kappa shape index (κ1) is 52.9. The Kier molecular flexibility index (Phi) is 34.7. The Labute approximate surface area is 351 Å². The fraction of sp³-hybridized carbons (Fsp3) is 0.612. The second-order valence-electron chi connectivity index (χ2n) is 14.8. The maximum Gasteiger partial charge on any atom is 0.220 e. The molecule has 0 aromatic heterocycles. The Balaban J connectivity index is 2.18. The van der Waals surface area contributed by atoms with E-state index in [1.165, 1.54) is 0 Å². The van der Waals surface area contributed by atoms with Crippen LogP contribution in [0.1, 0.15) is 136 Å². The Morgan fingerprint density at radius 3 is 1.53 bits per heavy atom. The standard InChI is InChI=1S/C49H79NO8/c1-3-5-7-9-10-11-12-13-14-15-16-17-18-19-20-21-22-23-24-25-26-27-28-29-30-31-32-33-34-35-37-39-45(53)50-42(43(52)38-36-8-6-4-2)41-57-49-48(56)47(55)46(54)44(40-51)58-49/h5,7,10-11,13-14,16-17,19-20,22-23,25-26,28-29,31-32,42-44,46-49,51-52,54-56H,3-4,6,8-9,12,15,18,21,24,27,30,33-41H2,1-2H3,(H,50,53)/b7-5-,11-10-,14-13-,17-16-,20-19-,23-22-,26-25-,29-28-,32-31-. The quantitative estimate of drug-likeness (QED) is 0.0279. The minimum atomic E-state index is -1.56. The van der Waals surface area contributed by atoms with E-state index < -0.39 is 49.5 Å². The van der Waals surface area contributed by atoms with Crippen molar-refractivity contribution in [2.24, 2.45) is 0 Å². The Hall–Kier alpha value is -3.15. The van der Waals surface area contributed by atoms with E-state index in [-0.39, 0.29) is 12.5 Å². The number of amides is 1. The van der Waals surface area contributed by atoms with Gasteiger partial charge in [-0.25, -0.2) is 0 Å². The van der Waals surface area contributed by atoms with Crippen molar-refractivity contribution in [1.82, 2.24) is 5.32 Å². The number of ether oxygens (including phenoxy) is 2. The van der Waals surface area contributed by atoms with Gasteiger partial charge in [0.25, 0.3) is 0 Å². The first-order chi connectivity index (χ1) is 28.3. The van der Waals surface area contributed by atoms with Crippen LogP contribution >= 0.6 is 0 Å². The predicted molar refractivity (Wildman–Crippen MR) is 239 cm³/mol. The van der Waals surface area contributed by atoms with Crippen LogP contribution in [0.15, 0.2) is 109 Å². The zero-order chi connectivity index (χ0) is 42.3. The average molecular weight is 810 g/mol. The monoisotopic (exact) mass is 810 g/mol. The van der Waals surface area contributed by atoms with Gasteiger partial charge in [0.05, 0.1) is 25.4 Å². The molecular formula is C49H79NO8. The van der Waals surface area contributed by atoms with Gasteiger partial charge in [0.1, 0.15) is 24.4 Å². The smallest absolute Gasteiger partial charge is 0.220 e. The minimum Gasteiger partial charge on any atom is -0.394 e. The average Bonchev–Trinajstić information content (AvgIpc) is 3.22. The number of rotatable bonds is 34. The molecule has 9 heteroatoms. The molecule has 1 saturated heterocycles.